The van der Waals surface area contributed by atoms with Crippen LogP contribution in [0.5, 0.6) is 0 Å². The monoisotopic (exact) mass is 377 g/mol. The fourth-order valence-electron chi connectivity index (χ4n) is 4.31. The van der Waals surface area contributed by atoms with E-state index in [1.165, 1.54) is 12.8 Å². The highest BCUT2D eigenvalue weighted by Crippen LogP contribution is 2.29. The molecule has 6 nitrogen and oxygen atoms in total. The van der Waals surface area contributed by atoms with Crippen molar-refractivity contribution in [3.8, 4) is 6.07 Å². The molecule has 2 aliphatic rings. The summed E-state index contributed by atoms with van der Waals surface area (Å²) in [6, 6.07) is 10.0. The van der Waals surface area contributed by atoms with E-state index in [1.807, 2.05) is 24.3 Å². The van der Waals surface area contributed by atoms with Crippen molar-refractivity contribution in [2.45, 2.75) is 63.3 Å². The van der Waals surface area contributed by atoms with Crippen LogP contribution < -0.4 is 10.2 Å². The van der Waals surface area contributed by atoms with E-state index < -0.39 is 5.92 Å². The zero-order valence-electron chi connectivity index (χ0n) is 16.2. The van der Waals surface area contributed by atoms with Gasteiger partial charge in [0.15, 0.2) is 11.7 Å². The maximum absolute atomic E-state index is 13.0. The number of carbonyl (C=O) groups is 1. The van der Waals surface area contributed by atoms with Crippen LogP contribution in [0.2, 0.25) is 0 Å². The third-order valence-corrected chi connectivity index (χ3v) is 5.85. The standard InChI is InChI=1S/C22H27N5O/c23-15-17(22(28)24-16-9-3-1-4-10-16)20-21(27-13-7-2-8-14-27)26-19-12-6-5-11-18(19)25-20/h5-6,11-12,16-17H,1-4,7-10,13-14H2,(H,24,28)/t17-/m0/s1. The molecule has 1 amide bonds. The average Bonchev–Trinajstić information content (AvgIpc) is 2.75. The summed E-state index contributed by atoms with van der Waals surface area (Å²) in [5, 5.41) is 13.0. The molecule has 1 aromatic carbocycles. The van der Waals surface area contributed by atoms with E-state index in [2.05, 4.69) is 16.3 Å². The summed E-state index contributed by atoms with van der Waals surface area (Å²) in [4.78, 5) is 24.8. The number of benzene rings is 1. The fraction of sp³-hybridized carbons (Fsp3) is 0.545. The van der Waals surface area contributed by atoms with E-state index in [1.54, 1.807) is 0 Å². The summed E-state index contributed by atoms with van der Waals surface area (Å²) < 4.78 is 0. The van der Waals surface area contributed by atoms with Gasteiger partial charge in [0.2, 0.25) is 5.91 Å². The first-order chi connectivity index (χ1) is 13.8. The third kappa shape index (κ3) is 3.94. The molecule has 2 heterocycles. The van der Waals surface area contributed by atoms with Gasteiger partial charge in [0.05, 0.1) is 17.1 Å². The van der Waals surface area contributed by atoms with Crippen LogP contribution in [0.4, 0.5) is 5.82 Å². The van der Waals surface area contributed by atoms with E-state index in [0.717, 1.165) is 62.6 Å². The van der Waals surface area contributed by atoms with Crippen LogP contribution >= 0.6 is 0 Å². The molecule has 28 heavy (non-hydrogen) atoms. The quantitative estimate of drug-likeness (QED) is 0.879. The zero-order valence-corrected chi connectivity index (χ0v) is 16.2. The smallest absolute Gasteiger partial charge is 0.243 e. The largest absolute Gasteiger partial charge is 0.355 e. The number of aromatic nitrogens is 2. The first-order valence-corrected chi connectivity index (χ1v) is 10.5. The minimum absolute atomic E-state index is 0.170. The summed E-state index contributed by atoms with van der Waals surface area (Å²) >= 11 is 0. The number of carbonyl (C=O) groups excluding carboxylic acids is 1. The summed E-state index contributed by atoms with van der Waals surface area (Å²) in [5.41, 5.74) is 2.02. The van der Waals surface area contributed by atoms with Crippen molar-refractivity contribution in [3.63, 3.8) is 0 Å². The molecular weight excluding hydrogens is 350 g/mol. The second-order valence-electron chi connectivity index (χ2n) is 7.87. The van der Waals surface area contributed by atoms with Gasteiger partial charge in [-0.15, -0.1) is 0 Å². The number of nitriles is 1. The Morgan fingerprint density at radius 2 is 1.68 bits per heavy atom. The number of rotatable bonds is 4. The summed E-state index contributed by atoms with van der Waals surface area (Å²) in [6.07, 6.45) is 8.88. The van der Waals surface area contributed by atoms with Gasteiger partial charge in [-0.1, -0.05) is 31.4 Å². The molecular formula is C22H27N5O. The number of nitrogens with zero attached hydrogens (tertiary/aromatic N) is 4. The van der Waals surface area contributed by atoms with Gasteiger partial charge in [-0.25, -0.2) is 9.97 Å². The molecule has 146 valence electrons. The van der Waals surface area contributed by atoms with E-state index in [-0.39, 0.29) is 11.9 Å². The predicted octanol–water partition coefficient (Wildman–Crippen LogP) is 3.68. The lowest BCUT2D eigenvalue weighted by atomic mass is 9.94. The van der Waals surface area contributed by atoms with E-state index in [0.29, 0.717) is 11.5 Å². The van der Waals surface area contributed by atoms with Crippen molar-refractivity contribution in [1.29, 1.82) is 5.26 Å². The van der Waals surface area contributed by atoms with Crippen LogP contribution in [0.3, 0.4) is 0 Å². The van der Waals surface area contributed by atoms with Crippen LogP contribution in [0, 0.1) is 11.3 Å². The summed E-state index contributed by atoms with van der Waals surface area (Å²) in [6.45, 7) is 1.78. The van der Waals surface area contributed by atoms with Crippen molar-refractivity contribution >= 4 is 22.8 Å². The van der Waals surface area contributed by atoms with Gasteiger partial charge in [0.1, 0.15) is 5.69 Å². The van der Waals surface area contributed by atoms with Gasteiger partial charge in [-0.2, -0.15) is 5.26 Å². The molecule has 1 aliphatic heterocycles. The molecule has 1 atom stereocenters. The second-order valence-corrected chi connectivity index (χ2v) is 7.87. The lowest BCUT2D eigenvalue weighted by molar-refractivity contribution is -0.122. The molecule has 0 bridgehead atoms. The number of fused-ring (bicyclic) bond motifs is 1. The summed E-state index contributed by atoms with van der Waals surface area (Å²) in [5.74, 6) is -0.475. The van der Waals surface area contributed by atoms with Gasteiger partial charge >= 0.3 is 0 Å². The van der Waals surface area contributed by atoms with Crippen LogP contribution in [0.1, 0.15) is 63.0 Å². The Balaban J connectivity index is 1.69. The van der Waals surface area contributed by atoms with Crippen molar-refractivity contribution in [1.82, 2.24) is 15.3 Å². The Hall–Kier alpha value is -2.68. The number of hydrogen-bond acceptors (Lipinski definition) is 5. The number of anilines is 1. The Kier molecular flexibility index (Phi) is 5.70. The van der Waals surface area contributed by atoms with E-state index in [4.69, 9.17) is 9.97 Å². The molecule has 1 aliphatic carbocycles. The first kappa shape index (κ1) is 18.7. The highest BCUT2D eigenvalue weighted by atomic mass is 16.2. The normalized spacial score (nSPS) is 19.2. The van der Waals surface area contributed by atoms with Crippen LogP contribution in [-0.2, 0) is 4.79 Å². The highest BCUT2D eigenvalue weighted by molar-refractivity contribution is 5.89. The molecule has 2 aromatic rings. The average molecular weight is 377 g/mol. The lowest BCUT2D eigenvalue weighted by Crippen LogP contribution is -2.40. The molecule has 1 saturated heterocycles. The molecule has 0 spiro atoms. The molecule has 6 heteroatoms. The van der Waals surface area contributed by atoms with Gasteiger partial charge in [0, 0.05) is 19.1 Å². The topological polar surface area (TPSA) is 81.9 Å². The van der Waals surface area contributed by atoms with Crippen LogP contribution in [-0.4, -0.2) is 35.0 Å². The van der Waals surface area contributed by atoms with Gasteiger partial charge in [-0.05, 0) is 44.2 Å². The lowest BCUT2D eigenvalue weighted by Gasteiger charge is -2.30. The number of para-hydroxylation sites is 2. The number of amides is 1. The molecule has 4 rings (SSSR count). The highest BCUT2D eigenvalue weighted by Gasteiger charge is 2.30. The van der Waals surface area contributed by atoms with Crippen molar-refractivity contribution in [2.24, 2.45) is 0 Å². The maximum atomic E-state index is 13.0. The van der Waals surface area contributed by atoms with Crippen LogP contribution in [0.25, 0.3) is 11.0 Å². The van der Waals surface area contributed by atoms with Crippen LogP contribution in [0.15, 0.2) is 24.3 Å². The maximum Gasteiger partial charge on any atom is 0.243 e. The van der Waals surface area contributed by atoms with Crippen molar-refractivity contribution in [2.75, 3.05) is 18.0 Å². The number of nitrogens with one attached hydrogen (secondary N) is 1. The second kappa shape index (κ2) is 8.55. The number of hydrogen-bond donors (Lipinski definition) is 1. The Morgan fingerprint density at radius 3 is 2.36 bits per heavy atom. The predicted molar refractivity (Wildman–Crippen MR) is 109 cm³/mol. The zero-order chi connectivity index (χ0) is 19.3. The third-order valence-electron chi connectivity index (χ3n) is 5.85. The Labute approximate surface area is 166 Å². The Morgan fingerprint density at radius 1 is 1.04 bits per heavy atom. The SMILES string of the molecule is N#C[C@H](C(=O)NC1CCCCC1)c1nc2ccccc2nc1N1CCCCC1. The molecule has 0 radical (unpaired) electrons. The summed E-state index contributed by atoms with van der Waals surface area (Å²) in [7, 11) is 0. The minimum Gasteiger partial charge on any atom is -0.355 e. The van der Waals surface area contributed by atoms with Gasteiger partial charge in [0.25, 0.3) is 0 Å². The van der Waals surface area contributed by atoms with E-state index >= 15 is 0 Å². The van der Waals surface area contributed by atoms with Gasteiger partial charge < -0.3 is 10.2 Å². The molecule has 2 fully saturated rings. The molecule has 1 aromatic heterocycles. The molecule has 1 N–H and O–H groups in total. The first-order valence-electron chi connectivity index (χ1n) is 10.5. The van der Waals surface area contributed by atoms with Gasteiger partial charge in [-0.3, -0.25) is 4.79 Å². The molecule has 0 unspecified atom stereocenters. The minimum atomic E-state index is -0.934. The van der Waals surface area contributed by atoms with Crippen molar-refractivity contribution < 1.29 is 4.79 Å². The molecule has 1 saturated carbocycles. The van der Waals surface area contributed by atoms with Crippen molar-refractivity contribution in [3.05, 3.63) is 30.0 Å². The number of piperidine rings is 1. The fourth-order valence-corrected chi connectivity index (χ4v) is 4.31. The van der Waals surface area contributed by atoms with E-state index in [9.17, 15) is 10.1 Å². The Bertz CT molecular complexity index is 878.